The molecule has 0 bridgehead atoms. The van der Waals surface area contributed by atoms with Crippen molar-refractivity contribution in [3.8, 4) is 0 Å². The number of hydrogen-bond acceptors (Lipinski definition) is 4. The molecule has 2 heterocycles. The van der Waals surface area contributed by atoms with Crippen LogP contribution in [0.1, 0.15) is 11.3 Å². The molecule has 2 rings (SSSR count). The Balaban J connectivity index is 1.94. The van der Waals surface area contributed by atoms with Gasteiger partial charge in [0.05, 0.1) is 11.4 Å². The summed E-state index contributed by atoms with van der Waals surface area (Å²) in [6.07, 6.45) is 3.64. The van der Waals surface area contributed by atoms with E-state index in [1.807, 2.05) is 20.2 Å². The number of nitrogens with zero attached hydrogens (tertiary/aromatic N) is 2. The molecule has 0 fully saturated rings. The second-order valence-electron chi connectivity index (χ2n) is 4.06. The molecule has 1 aromatic rings. The summed E-state index contributed by atoms with van der Waals surface area (Å²) in [5, 5.41) is 8.69. The van der Waals surface area contributed by atoms with Crippen molar-refractivity contribution in [1.82, 2.24) is 15.1 Å². The van der Waals surface area contributed by atoms with E-state index in [-0.39, 0.29) is 11.8 Å². The maximum atomic E-state index is 11.2. The van der Waals surface area contributed by atoms with Gasteiger partial charge in [-0.15, -0.1) is 0 Å². The maximum Gasteiger partial charge on any atom is 0.173 e. The molecule has 6 heteroatoms. The van der Waals surface area contributed by atoms with Gasteiger partial charge in [-0.1, -0.05) is 6.08 Å². The van der Waals surface area contributed by atoms with Crippen LogP contribution in [0.2, 0.25) is 0 Å². The van der Waals surface area contributed by atoms with Gasteiger partial charge in [0, 0.05) is 36.8 Å². The van der Waals surface area contributed by atoms with Crippen LogP contribution in [-0.2, 0) is 23.4 Å². The van der Waals surface area contributed by atoms with Crippen LogP contribution in [0.5, 0.6) is 0 Å². The summed E-state index contributed by atoms with van der Waals surface area (Å²) in [5.74, 6) is 0.159. The van der Waals surface area contributed by atoms with Crippen molar-refractivity contribution in [3.05, 3.63) is 28.9 Å². The molecule has 1 aliphatic rings. The van der Waals surface area contributed by atoms with Gasteiger partial charge in [0.2, 0.25) is 0 Å². The predicted molar refractivity (Wildman–Crippen MR) is 61.5 cm³/mol. The van der Waals surface area contributed by atoms with E-state index in [0.29, 0.717) is 6.54 Å². The van der Waals surface area contributed by atoms with Crippen LogP contribution in [0.25, 0.3) is 0 Å². The van der Waals surface area contributed by atoms with Gasteiger partial charge in [0.1, 0.15) is 0 Å². The van der Waals surface area contributed by atoms with E-state index in [2.05, 4.69) is 10.4 Å². The minimum Gasteiger partial charge on any atom is -0.305 e. The number of aromatic nitrogens is 2. The van der Waals surface area contributed by atoms with Gasteiger partial charge in [-0.2, -0.15) is 5.10 Å². The van der Waals surface area contributed by atoms with Crippen molar-refractivity contribution < 1.29 is 8.42 Å². The van der Waals surface area contributed by atoms with E-state index in [1.165, 1.54) is 5.41 Å². The Hall–Kier alpha value is -1.14. The average Bonchev–Trinajstić information content (AvgIpc) is 2.66. The molecule has 88 valence electrons. The Morgan fingerprint density at radius 1 is 1.62 bits per heavy atom. The Kier molecular flexibility index (Phi) is 2.86. The topological polar surface area (TPSA) is 64.0 Å². The van der Waals surface area contributed by atoms with Crippen LogP contribution in [0, 0.1) is 6.92 Å². The SMILES string of the molecule is Cc1nn(C)cc1CNC1C=CS(=O)(=O)C1. The van der Waals surface area contributed by atoms with Crippen LogP contribution in [0.15, 0.2) is 17.7 Å². The summed E-state index contributed by atoms with van der Waals surface area (Å²) in [6.45, 7) is 2.59. The molecule has 1 N–H and O–H groups in total. The molecule has 1 unspecified atom stereocenters. The van der Waals surface area contributed by atoms with E-state index in [1.54, 1.807) is 10.8 Å². The Bertz CT molecular complexity index is 516. The zero-order chi connectivity index (χ0) is 11.8. The highest BCUT2D eigenvalue weighted by Gasteiger charge is 2.21. The molecule has 1 aromatic heterocycles. The van der Waals surface area contributed by atoms with Crippen LogP contribution >= 0.6 is 0 Å². The van der Waals surface area contributed by atoms with Crippen LogP contribution in [-0.4, -0.2) is 30.0 Å². The number of aryl methyl sites for hydroxylation is 2. The Morgan fingerprint density at radius 2 is 2.38 bits per heavy atom. The largest absolute Gasteiger partial charge is 0.305 e. The summed E-state index contributed by atoms with van der Waals surface area (Å²) in [5.41, 5.74) is 2.07. The lowest BCUT2D eigenvalue weighted by Gasteiger charge is -2.08. The monoisotopic (exact) mass is 241 g/mol. The average molecular weight is 241 g/mol. The number of rotatable bonds is 3. The molecule has 0 saturated carbocycles. The standard InChI is InChI=1S/C10H15N3O2S/c1-8-9(6-13(2)12-8)5-11-10-3-4-16(14,15)7-10/h3-4,6,10-11H,5,7H2,1-2H3. The van der Waals surface area contributed by atoms with Gasteiger partial charge < -0.3 is 5.32 Å². The lowest BCUT2D eigenvalue weighted by atomic mass is 10.2. The van der Waals surface area contributed by atoms with Crippen LogP contribution in [0.4, 0.5) is 0 Å². The molecule has 0 amide bonds. The quantitative estimate of drug-likeness (QED) is 0.817. The van der Waals surface area contributed by atoms with Crippen molar-refractivity contribution in [2.24, 2.45) is 7.05 Å². The zero-order valence-corrected chi connectivity index (χ0v) is 10.2. The summed E-state index contributed by atoms with van der Waals surface area (Å²) >= 11 is 0. The minimum absolute atomic E-state index is 0.0791. The molecule has 0 aliphatic carbocycles. The third-order valence-corrected chi connectivity index (χ3v) is 4.00. The summed E-state index contributed by atoms with van der Waals surface area (Å²) in [7, 11) is -1.10. The lowest BCUT2D eigenvalue weighted by molar-refractivity contribution is 0.590. The van der Waals surface area contributed by atoms with Crippen molar-refractivity contribution in [1.29, 1.82) is 0 Å². The van der Waals surface area contributed by atoms with Crippen LogP contribution < -0.4 is 5.32 Å². The number of sulfone groups is 1. The Morgan fingerprint density at radius 3 is 2.88 bits per heavy atom. The molecule has 16 heavy (non-hydrogen) atoms. The highest BCUT2D eigenvalue weighted by molar-refractivity contribution is 7.94. The molecule has 0 radical (unpaired) electrons. The van der Waals surface area contributed by atoms with Gasteiger partial charge in [0.25, 0.3) is 0 Å². The first-order chi connectivity index (χ1) is 7.46. The molecular formula is C10H15N3O2S. The molecule has 1 aliphatic heterocycles. The summed E-state index contributed by atoms with van der Waals surface area (Å²) < 4.78 is 24.1. The van der Waals surface area contributed by atoms with Crippen molar-refractivity contribution in [3.63, 3.8) is 0 Å². The van der Waals surface area contributed by atoms with Gasteiger partial charge in [-0.25, -0.2) is 8.42 Å². The fourth-order valence-corrected chi connectivity index (χ4v) is 3.04. The second-order valence-corrected chi connectivity index (χ2v) is 5.99. The van der Waals surface area contributed by atoms with E-state index in [0.717, 1.165) is 11.3 Å². The van der Waals surface area contributed by atoms with E-state index >= 15 is 0 Å². The minimum atomic E-state index is -2.97. The first-order valence-electron chi connectivity index (χ1n) is 5.10. The maximum absolute atomic E-state index is 11.2. The lowest BCUT2D eigenvalue weighted by Crippen LogP contribution is -2.29. The third kappa shape index (κ3) is 2.51. The number of nitrogens with one attached hydrogen (secondary N) is 1. The molecule has 5 nitrogen and oxygen atoms in total. The van der Waals surface area contributed by atoms with Crippen LogP contribution in [0.3, 0.4) is 0 Å². The predicted octanol–water partition coefficient (Wildman–Crippen LogP) is 0.129. The first kappa shape index (κ1) is 11.3. The first-order valence-corrected chi connectivity index (χ1v) is 6.81. The number of hydrogen-bond donors (Lipinski definition) is 1. The highest BCUT2D eigenvalue weighted by atomic mass is 32.2. The molecule has 0 spiro atoms. The molecular weight excluding hydrogens is 226 g/mol. The zero-order valence-electron chi connectivity index (χ0n) is 9.34. The van der Waals surface area contributed by atoms with Crippen molar-refractivity contribution in [2.45, 2.75) is 19.5 Å². The van der Waals surface area contributed by atoms with Crippen molar-refractivity contribution >= 4 is 9.84 Å². The second kappa shape index (κ2) is 4.03. The van der Waals surface area contributed by atoms with E-state index in [9.17, 15) is 8.42 Å². The fraction of sp³-hybridized carbons (Fsp3) is 0.500. The Labute approximate surface area is 95.1 Å². The molecule has 0 aromatic carbocycles. The van der Waals surface area contributed by atoms with Gasteiger partial charge in [0.15, 0.2) is 9.84 Å². The smallest absolute Gasteiger partial charge is 0.173 e. The van der Waals surface area contributed by atoms with Crippen molar-refractivity contribution in [2.75, 3.05) is 5.75 Å². The van der Waals surface area contributed by atoms with Gasteiger partial charge >= 0.3 is 0 Å². The van der Waals surface area contributed by atoms with E-state index < -0.39 is 9.84 Å². The molecule has 1 atom stereocenters. The normalized spacial score (nSPS) is 22.8. The van der Waals surface area contributed by atoms with Gasteiger partial charge in [-0.05, 0) is 6.92 Å². The highest BCUT2D eigenvalue weighted by Crippen LogP contribution is 2.10. The third-order valence-electron chi connectivity index (χ3n) is 2.60. The van der Waals surface area contributed by atoms with Gasteiger partial charge in [-0.3, -0.25) is 4.68 Å². The van der Waals surface area contributed by atoms with E-state index in [4.69, 9.17) is 0 Å². The summed E-state index contributed by atoms with van der Waals surface area (Å²) in [6, 6.07) is -0.0791. The summed E-state index contributed by atoms with van der Waals surface area (Å²) in [4.78, 5) is 0. The molecule has 0 saturated heterocycles. The fourth-order valence-electron chi connectivity index (χ4n) is 1.77.